The molecule has 1 heterocycles. The molecule has 0 amide bonds. The molecular formula is C5H9IO2. The van der Waals surface area contributed by atoms with E-state index >= 15 is 0 Å². The quantitative estimate of drug-likeness (QED) is 0.534. The molecule has 2 atom stereocenters. The summed E-state index contributed by atoms with van der Waals surface area (Å²) in [5.74, 6) is 0. The molecule has 0 aromatic heterocycles. The van der Waals surface area contributed by atoms with E-state index in [1.54, 1.807) is 0 Å². The molecule has 1 rings (SSSR count). The molecule has 1 aliphatic heterocycles. The van der Waals surface area contributed by atoms with Gasteiger partial charge in [-0.2, -0.15) is 0 Å². The number of halogens is 1. The van der Waals surface area contributed by atoms with E-state index in [2.05, 4.69) is 0 Å². The molecule has 0 bridgehead atoms. The van der Waals surface area contributed by atoms with Gasteiger partial charge in [0, 0.05) is 6.61 Å². The lowest BCUT2D eigenvalue weighted by Gasteiger charge is -2.08. The van der Waals surface area contributed by atoms with E-state index in [1.165, 1.54) is 0 Å². The molecule has 0 aliphatic carbocycles. The number of ether oxygens (including phenoxy) is 1. The summed E-state index contributed by atoms with van der Waals surface area (Å²) >= 11 is 1.98. The van der Waals surface area contributed by atoms with Crippen LogP contribution < -0.4 is 0 Å². The summed E-state index contributed by atoms with van der Waals surface area (Å²) in [4.78, 5) is 0. The Hall–Kier alpha value is 0.650. The fraction of sp³-hybridized carbons (Fsp3) is 1.00. The van der Waals surface area contributed by atoms with E-state index < -0.39 is 0 Å². The molecule has 1 unspecified atom stereocenters. The summed E-state index contributed by atoms with van der Waals surface area (Å²) in [6.07, 6.45) is 2.23. The summed E-state index contributed by atoms with van der Waals surface area (Å²) < 4.78 is 4.85. The van der Waals surface area contributed by atoms with Crippen molar-refractivity contribution in [2.24, 2.45) is 0 Å². The minimum absolute atomic E-state index is 0.107. The van der Waals surface area contributed by atoms with Crippen molar-refractivity contribution < 1.29 is 9.84 Å². The van der Waals surface area contributed by atoms with Crippen LogP contribution in [0.2, 0.25) is 0 Å². The van der Waals surface area contributed by atoms with Gasteiger partial charge in [0.1, 0.15) is 4.11 Å². The molecule has 1 fully saturated rings. The van der Waals surface area contributed by atoms with Crippen molar-refractivity contribution in [2.75, 3.05) is 6.61 Å². The highest BCUT2D eigenvalue weighted by molar-refractivity contribution is 14.1. The van der Waals surface area contributed by atoms with Crippen molar-refractivity contribution in [3.8, 4) is 0 Å². The first-order valence-electron chi connectivity index (χ1n) is 2.74. The van der Waals surface area contributed by atoms with Gasteiger partial charge < -0.3 is 9.84 Å². The largest absolute Gasteiger partial charge is 0.380 e. The monoisotopic (exact) mass is 228 g/mol. The third kappa shape index (κ3) is 1.56. The van der Waals surface area contributed by atoms with Crippen molar-refractivity contribution >= 4 is 22.6 Å². The van der Waals surface area contributed by atoms with Gasteiger partial charge >= 0.3 is 0 Å². The Morgan fingerprint density at radius 1 is 1.75 bits per heavy atom. The Balaban J connectivity index is 2.24. The van der Waals surface area contributed by atoms with Gasteiger partial charge in [-0.25, -0.2) is 0 Å². The summed E-state index contributed by atoms with van der Waals surface area (Å²) in [6, 6.07) is 0. The summed E-state index contributed by atoms with van der Waals surface area (Å²) in [6.45, 7) is 0.824. The zero-order valence-corrected chi connectivity index (χ0v) is 6.67. The van der Waals surface area contributed by atoms with Gasteiger partial charge in [-0.15, -0.1) is 0 Å². The molecule has 8 heavy (non-hydrogen) atoms. The average Bonchev–Trinajstić information content (AvgIpc) is 2.12. The first-order valence-corrected chi connectivity index (χ1v) is 3.99. The van der Waals surface area contributed by atoms with E-state index in [-0.39, 0.29) is 10.2 Å². The molecule has 2 nitrogen and oxygen atoms in total. The standard InChI is InChI=1S/C5H9IO2/c6-5(7)4-2-1-3-8-4/h4-5,7H,1-3H2/t4?,5-/m1/s1. The summed E-state index contributed by atoms with van der Waals surface area (Å²) in [5, 5.41) is 8.91. The predicted molar refractivity (Wildman–Crippen MR) is 39.0 cm³/mol. The van der Waals surface area contributed by atoms with Crippen molar-refractivity contribution in [1.29, 1.82) is 0 Å². The Kier molecular flexibility index (Phi) is 2.52. The second kappa shape index (κ2) is 2.98. The normalized spacial score (nSPS) is 33.0. The Labute approximate surface area is 62.4 Å². The van der Waals surface area contributed by atoms with Crippen LogP contribution in [0.25, 0.3) is 0 Å². The van der Waals surface area contributed by atoms with Crippen molar-refractivity contribution in [2.45, 2.75) is 23.1 Å². The number of alkyl halides is 1. The van der Waals surface area contributed by atoms with Gasteiger partial charge in [-0.05, 0) is 35.4 Å². The number of aliphatic hydroxyl groups excluding tert-OH is 1. The lowest BCUT2D eigenvalue weighted by molar-refractivity contribution is 0.0498. The summed E-state index contributed by atoms with van der Waals surface area (Å²) in [7, 11) is 0. The SMILES string of the molecule is O[C@@H](I)C1CCCO1. The number of hydrogen-bond acceptors (Lipinski definition) is 2. The average molecular weight is 228 g/mol. The maximum absolute atomic E-state index is 8.91. The smallest absolute Gasteiger partial charge is 0.131 e. The van der Waals surface area contributed by atoms with Gasteiger partial charge in [0.05, 0.1) is 6.10 Å². The van der Waals surface area contributed by atoms with E-state index in [9.17, 15) is 0 Å². The molecule has 0 radical (unpaired) electrons. The van der Waals surface area contributed by atoms with Crippen LogP contribution in [0.1, 0.15) is 12.8 Å². The lowest BCUT2D eigenvalue weighted by Crippen LogP contribution is -2.17. The Morgan fingerprint density at radius 3 is 2.75 bits per heavy atom. The molecule has 3 heteroatoms. The molecule has 0 saturated carbocycles. The molecular weight excluding hydrogens is 219 g/mol. The van der Waals surface area contributed by atoms with Crippen LogP contribution >= 0.6 is 22.6 Å². The Morgan fingerprint density at radius 2 is 2.50 bits per heavy atom. The van der Waals surface area contributed by atoms with E-state index in [4.69, 9.17) is 9.84 Å². The number of hydrogen-bond donors (Lipinski definition) is 1. The highest BCUT2D eigenvalue weighted by Crippen LogP contribution is 2.18. The van der Waals surface area contributed by atoms with E-state index in [0.29, 0.717) is 0 Å². The van der Waals surface area contributed by atoms with Crippen molar-refractivity contribution in [3.05, 3.63) is 0 Å². The van der Waals surface area contributed by atoms with Gasteiger partial charge in [-0.1, -0.05) is 0 Å². The maximum Gasteiger partial charge on any atom is 0.131 e. The van der Waals surface area contributed by atoms with Crippen LogP contribution in [-0.4, -0.2) is 21.9 Å². The van der Waals surface area contributed by atoms with E-state index in [1.807, 2.05) is 22.6 Å². The topological polar surface area (TPSA) is 29.5 Å². The molecule has 0 aromatic rings. The Bertz CT molecular complexity index is 68.8. The minimum Gasteiger partial charge on any atom is -0.380 e. The molecule has 1 aliphatic rings. The fourth-order valence-corrected chi connectivity index (χ4v) is 1.39. The predicted octanol–water partition coefficient (Wildman–Crippen LogP) is 0.919. The third-order valence-corrected chi connectivity index (χ3v) is 2.07. The van der Waals surface area contributed by atoms with Crippen LogP contribution in [-0.2, 0) is 4.74 Å². The van der Waals surface area contributed by atoms with Gasteiger partial charge in [0.15, 0.2) is 0 Å². The lowest BCUT2D eigenvalue weighted by atomic mass is 10.2. The number of aliphatic hydroxyl groups is 1. The molecule has 48 valence electrons. The van der Waals surface area contributed by atoms with Crippen molar-refractivity contribution in [3.63, 3.8) is 0 Å². The maximum atomic E-state index is 8.91. The zero-order valence-electron chi connectivity index (χ0n) is 4.51. The molecule has 0 aromatic carbocycles. The van der Waals surface area contributed by atoms with Crippen molar-refractivity contribution in [1.82, 2.24) is 0 Å². The summed E-state index contributed by atoms with van der Waals surface area (Å²) in [5.41, 5.74) is 0. The first kappa shape index (κ1) is 6.77. The van der Waals surface area contributed by atoms with Crippen LogP contribution in [0.4, 0.5) is 0 Å². The van der Waals surface area contributed by atoms with Crippen LogP contribution in [0.3, 0.4) is 0 Å². The minimum atomic E-state index is -0.310. The van der Waals surface area contributed by atoms with Crippen LogP contribution in [0, 0.1) is 0 Å². The molecule has 0 spiro atoms. The van der Waals surface area contributed by atoms with Crippen LogP contribution in [0.15, 0.2) is 0 Å². The highest BCUT2D eigenvalue weighted by Gasteiger charge is 2.20. The fourth-order valence-electron chi connectivity index (χ4n) is 0.819. The van der Waals surface area contributed by atoms with E-state index in [0.717, 1.165) is 19.4 Å². The third-order valence-electron chi connectivity index (χ3n) is 1.27. The first-order chi connectivity index (χ1) is 3.80. The molecule has 1 N–H and O–H groups in total. The van der Waals surface area contributed by atoms with Crippen LogP contribution in [0.5, 0.6) is 0 Å². The van der Waals surface area contributed by atoms with Gasteiger partial charge in [-0.3, -0.25) is 0 Å². The highest BCUT2D eigenvalue weighted by atomic mass is 127. The second-order valence-electron chi connectivity index (χ2n) is 1.92. The van der Waals surface area contributed by atoms with Gasteiger partial charge in [0.2, 0.25) is 0 Å². The van der Waals surface area contributed by atoms with Gasteiger partial charge in [0.25, 0.3) is 0 Å². The zero-order chi connectivity index (χ0) is 5.98. The number of rotatable bonds is 1. The molecule has 1 saturated heterocycles. The second-order valence-corrected chi connectivity index (χ2v) is 3.20.